The van der Waals surface area contributed by atoms with Gasteiger partial charge < -0.3 is 9.47 Å². The number of hydrogen-bond donors (Lipinski definition) is 0. The molecule has 1 aromatic heterocycles. The molecule has 2 aliphatic rings. The van der Waals surface area contributed by atoms with E-state index in [0.29, 0.717) is 30.3 Å². The lowest BCUT2D eigenvalue weighted by Crippen LogP contribution is -2.33. The second kappa shape index (κ2) is 7.67. The van der Waals surface area contributed by atoms with Crippen LogP contribution in [0.1, 0.15) is 26.4 Å². The van der Waals surface area contributed by atoms with Gasteiger partial charge in [-0.2, -0.15) is 0 Å². The number of ether oxygens (including phenoxy) is 2. The maximum absolute atomic E-state index is 12.8. The van der Waals surface area contributed by atoms with Crippen molar-refractivity contribution in [3.63, 3.8) is 0 Å². The molecule has 0 fully saturated rings. The van der Waals surface area contributed by atoms with Crippen molar-refractivity contribution in [1.82, 2.24) is 4.90 Å². The Morgan fingerprint density at radius 3 is 2.79 bits per heavy atom. The molecular formula is C23H18ClNO3S. The zero-order valence-corrected chi connectivity index (χ0v) is 17.1. The van der Waals surface area contributed by atoms with Gasteiger partial charge >= 0.3 is 0 Å². The Morgan fingerprint density at radius 2 is 2.00 bits per heavy atom. The normalized spacial score (nSPS) is 17.0. The number of Topliss-reactive ketones (excluding diaryl/α,β-unsaturated/α-hetero) is 1. The first kappa shape index (κ1) is 18.4. The first-order chi connectivity index (χ1) is 14.2. The fourth-order valence-electron chi connectivity index (χ4n) is 3.59. The van der Waals surface area contributed by atoms with Crippen molar-refractivity contribution in [1.29, 1.82) is 0 Å². The van der Waals surface area contributed by atoms with Gasteiger partial charge in [-0.1, -0.05) is 29.8 Å². The standard InChI is InChI=1S/C23H18ClNO3S/c24-16-5-3-15(4-6-16)9-10-25-13-19-20(27-14-25)8-7-18-22(26)21(28-23(18)19)12-17-2-1-11-29-17/h1-8,11-12H,9-10,13-14H2/b21-12-. The summed E-state index contributed by atoms with van der Waals surface area (Å²) in [7, 11) is 0. The third kappa shape index (κ3) is 3.69. The Hall–Kier alpha value is -2.60. The van der Waals surface area contributed by atoms with Gasteiger partial charge in [-0.25, -0.2) is 0 Å². The number of fused-ring (bicyclic) bond motifs is 3. The lowest BCUT2D eigenvalue weighted by Gasteiger charge is -2.29. The Morgan fingerprint density at radius 1 is 1.14 bits per heavy atom. The zero-order chi connectivity index (χ0) is 19.8. The molecule has 0 amide bonds. The summed E-state index contributed by atoms with van der Waals surface area (Å²) in [5, 5.41) is 2.72. The predicted octanol–water partition coefficient (Wildman–Crippen LogP) is 5.41. The van der Waals surface area contributed by atoms with Gasteiger partial charge in [0, 0.05) is 29.1 Å². The van der Waals surface area contributed by atoms with Crippen LogP contribution in [0.3, 0.4) is 0 Å². The lowest BCUT2D eigenvalue weighted by molar-refractivity contribution is 0.0950. The van der Waals surface area contributed by atoms with Gasteiger partial charge in [0.25, 0.3) is 0 Å². The number of ketones is 1. The molecule has 0 spiro atoms. The monoisotopic (exact) mass is 423 g/mol. The lowest BCUT2D eigenvalue weighted by atomic mass is 10.0. The quantitative estimate of drug-likeness (QED) is 0.526. The molecule has 6 heteroatoms. The second-order valence-corrected chi connectivity index (χ2v) is 8.49. The van der Waals surface area contributed by atoms with Crippen LogP contribution in [0.4, 0.5) is 0 Å². The smallest absolute Gasteiger partial charge is 0.232 e. The highest BCUT2D eigenvalue weighted by Crippen LogP contribution is 2.42. The van der Waals surface area contributed by atoms with E-state index in [4.69, 9.17) is 21.1 Å². The summed E-state index contributed by atoms with van der Waals surface area (Å²) in [6, 6.07) is 15.5. The molecule has 3 heterocycles. The van der Waals surface area contributed by atoms with Crippen molar-refractivity contribution in [2.75, 3.05) is 13.3 Å². The van der Waals surface area contributed by atoms with E-state index >= 15 is 0 Å². The first-order valence-corrected chi connectivity index (χ1v) is 10.7. The molecule has 0 N–H and O–H groups in total. The maximum atomic E-state index is 12.8. The van der Waals surface area contributed by atoms with Crippen molar-refractivity contribution in [3.8, 4) is 11.5 Å². The van der Waals surface area contributed by atoms with Crippen molar-refractivity contribution in [2.24, 2.45) is 0 Å². The Kier molecular flexibility index (Phi) is 4.87. The average Bonchev–Trinajstić information content (AvgIpc) is 3.36. The van der Waals surface area contributed by atoms with Crippen molar-refractivity contribution in [2.45, 2.75) is 13.0 Å². The van der Waals surface area contributed by atoms with Crippen LogP contribution in [0.15, 0.2) is 59.7 Å². The number of halogens is 1. The van der Waals surface area contributed by atoms with E-state index in [1.54, 1.807) is 23.5 Å². The van der Waals surface area contributed by atoms with Crippen molar-refractivity contribution >= 4 is 34.8 Å². The topological polar surface area (TPSA) is 38.8 Å². The first-order valence-electron chi connectivity index (χ1n) is 9.40. The molecule has 2 aliphatic heterocycles. The zero-order valence-electron chi connectivity index (χ0n) is 15.6. The van der Waals surface area contributed by atoms with E-state index in [1.165, 1.54) is 5.56 Å². The molecule has 0 radical (unpaired) electrons. The third-order valence-corrected chi connectivity index (χ3v) is 6.20. The van der Waals surface area contributed by atoms with Gasteiger partial charge in [0.2, 0.25) is 5.78 Å². The average molecular weight is 424 g/mol. The molecule has 0 saturated carbocycles. The van der Waals surface area contributed by atoms with Crippen LogP contribution in [0.25, 0.3) is 6.08 Å². The summed E-state index contributed by atoms with van der Waals surface area (Å²) in [5.74, 6) is 1.71. The van der Waals surface area contributed by atoms with E-state index in [0.717, 1.165) is 34.2 Å². The van der Waals surface area contributed by atoms with Gasteiger partial charge in [-0.3, -0.25) is 9.69 Å². The Bertz CT molecular complexity index is 1090. The number of nitrogens with zero attached hydrogens (tertiary/aromatic N) is 1. The van der Waals surface area contributed by atoms with Gasteiger partial charge in [0.15, 0.2) is 5.76 Å². The molecule has 5 rings (SSSR count). The molecular weight excluding hydrogens is 406 g/mol. The molecule has 4 nitrogen and oxygen atoms in total. The molecule has 3 aromatic rings. The number of carbonyl (C=O) groups is 1. The molecule has 29 heavy (non-hydrogen) atoms. The van der Waals surface area contributed by atoms with Crippen LogP contribution in [-0.4, -0.2) is 24.0 Å². The largest absolute Gasteiger partial charge is 0.478 e. The Balaban J connectivity index is 1.35. The summed E-state index contributed by atoms with van der Waals surface area (Å²) in [6.07, 6.45) is 2.70. The second-order valence-electron chi connectivity index (χ2n) is 7.08. The highest BCUT2D eigenvalue weighted by molar-refractivity contribution is 7.10. The predicted molar refractivity (Wildman–Crippen MR) is 115 cm³/mol. The number of allylic oxidation sites excluding steroid dienone is 1. The minimum Gasteiger partial charge on any atom is -0.478 e. The maximum Gasteiger partial charge on any atom is 0.232 e. The SMILES string of the molecule is O=C1/C(=C/c2cccs2)Oc2c1ccc1c2CN(CCc2ccc(Cl)cc2)CO1. The molecule has 0 bridgehead atoms. The number of benzene rings is 2. The molecule has 2 aromatic carbocycles. The number of carbonyl (C=O) groups excluding carboxylic acids is 1. The molecule has 0 unspecified atom stereocenters. The summed E-state index contributed by atoms with van der Waals surface area (Å²) < 4.78 is 12.0. The summed E-state index contributed by atoms with van der Waals surface area (Å²) in [4.78, 5) is 16.0. The molecule has 0 atom stereocenters. The van der Waals surface area contributed by atoms with Crippen LogP contribution < -0.4 is 9.47 Å². The number of rotatable bonds is 4. The molecule has 0 saturated heterocycles. The van der Waals surface area contributed by atoms with Gasteiger partial charge in [-0.15, -0.1) is 11.3 Å². The Labute approximate surface area is 177 Å². The highest BCUT2D eigenvalue weighted by Gasteiger charge is 2.33. The van der Waals surface area contributed by atoms with Crippen LogP contribution in [0.5, 0.6) is 11.5 Å². The van der Waals surface area contributed by atoms with Crippen molar-refractivity contribution in [3.05, 3.63) is 86.3 Å². The summed E-state index contributed by atoms with van der Waals surface area (Å²) in [5.41, 5.74) is 2.77. The number of hydrogen-bond acceptors (Lipinski definition) is 5. The van der Waals surface area contributed by atoms with E-state index in [1.807, 2.05) is 47.8 Å². The highest BCUT2D eigenvalue weighted by atomic mass is 35.5. The molecule has 0 aliphatic carbocycles. The summed E-state index contributed by atoms with van der Waals surface area (Å²) in [6.45, 7) is 2.05. The number of thiophene rings is 1. The van der Waals surface area contributed by atoms with E-state index in [-0.39, 0.29) is 5.78 Å². The van der Waals surface area contributed by atoms with Gasteiger partial charge in [0.05, 0.1) is 11.1 Å². The van der Waals surface area contributed by atoms with E-state index in [9.17, 15) is 4.79 Å². The summed E-state index contributed by atoms with van der Waals surface area (Å²) >= 11 is 7.54. The third-order valence-electron chi connectivity index (χ3n) is 5.13. The van der Waals surface area contributed by atoms with Gasteiger partial charge in [0.1, 0.15) is 18.2 Å². The minimum absolute atomic E-state index is 0.0745. The van der Waals surface area contributed by atoms with Crippen LogP contribution in [-0.2, 0) is 13.0 Å². The van der Waals surface area contributed by atoms with Crippen molar-refractivity contribution < 1.29 is 14.3 Å². The van der Waals surface area contributed by atoms with Gasteiger partial charge in [-0.05, 0) is 47.7 Å². The van der Waals surface area contributed by atoms with Crippen LogP contribution in [0.2, 0.25) is 5.02 Å². The minimum atomic E-state index is -0.0745. The van der Waals surface area contributed by atoms with Crippen LogP contribution in [0, 0.1) is 0 Å². The molecule has 146 valence electrons. The van der Waals surface area contributed by atoms with E-state index < -0.39 is 0 Å². The van der Waals surface area contributed by atoms with Crippen LogP contribution >= 0.6 is 22.9 Å². The fraction of sp³-hybridized carbons (Fsp3) is 0.174. The fourth-order valence-corrected chi connectivity index (χ4v) is 4.36. The van der Waals surface area contributed by atoms with E-state index in [2.05, 4.69) is 4.90 Å².